The van der Waals surface area contributed by atoms with Crippen molar-refractivity contribution in [2.24, 2.45) is 23.7 Å². The van der Waals surface area contributed by atoms with Gasteiger partial charge in [-0.25, -0.2) is 9.13 Å². The van der Waals surface area contributed by atoms with Gasteiger partial charge in [-0.1, -0.05) is 409 Å². The van der Waals surface area contributed by atoms with Crippen LogP contribution in [-0.4, -0.2) is 96.7 Å². The highest BCUT2D eigenvalue weighted by Gasteiger charge is 2.31. The van der Waals surface area contributed by atoms with Crippen molar-refractivity contribution >= 4 is 39.5 Å². The van der Waals surface area contributed by atoms with Crippen LogP contribution in [0.2, 0.25) is 0 Å². The Morgan fingerprint density at radius 2 is 0.449 bits per heavy atom. The Hall–Kier alpha value is -1.94. The Morgan fingerprint density at radius 1 is 0.262 bits per heavy atom. The van der Waals surface area contributed by atoms with Gasteiger partial charge in [0.2, 0.25) is 0 Å². The maximum absolute atomic E-state index is 13.1. The van der Waals surface area contributed by atoms with Crippen LogP contribution < -0.4 is 0 Å². The molecule has 5 unspecified atom stereocenters. The van der Waals surface area contributed by atoms with Crippen LogP contribution in [0.3, 0.4) is 0 Å². The second-order valence-corrected chi connectivity index (χ2v) is 36.0. The number of hydrogen-bond donors (Lipinski definition) is 3. The summed E-state index contributed by atoms with van der Waals surface area (Å²) in [6, 6.07) is 0. The SMILES string of the molecule is CCC(C)CCCCCCCCCCCCCCCCCCCCC(=O)O[C@H](COC(=O)CCCCCCCCCC(C)C)COP(=O)(O)OCC(O)COP(=O)(O)OC[C@@H](COC(=O)CCCCCCCCCCCCCCCCCCCCC(C)C)OC(=O)CCCCCCCCCCCCC(C)CC. The molecule has 0 aromatic heterocycles. The van der Waals surface area contributed by atoms with Gasteiger partial charge in [-0.3, -0.25) is 37.3 Å². The molecule has 0 spiro atoms. The van der Waals surface area contributed by atoms with Gasteiger partial charge in [0.1, 0.15) is 19.3 Å². The topological polar surface area (TPSA) is 237 Å². The smallest absolute Gasteiger partial charge is 0.462 e. The molecule has 636 valence electrons. The average Bonchev–Trinajstić information content (AvgIpc) is 0.901. The lowest BCUT2D eigenvalue weighted by Crippen LogP contribution is -2.30. The Balaban J connectivity index is 5.17. The highest BCUT2D eigenvalue weighted by molar-refractivity contribution is 7.47. The average molecular weight is 1560 g/mol. The molecule has 0 amide bonds. The summed E-state index contributed by atoms with van der Waals surface area (Å²) in [5.41, 5.74) is 0. The molecule has 3 N–H and O–H groups in total. The Labute approximate surface area is 658 Å². The third kappa shape index (κ3) is 79.1. The molecule has 0 heterocycles. The highest BCUT2D eigenvalue weighted by Crippen LogP contribution is 2.45. The van der Waals surface area contributed by atoms with E-state index in [-0.39, 0.29) is 25.7 Å². The molecule has 0 aliphatic rings. The fourth-order valence-corrected chi connectivity index (χ4v) is 15.2. The van der Waals surface area contributed by atoms with E-state index >= 15 is 0 Å². The van der Waals surface area contributed by atoms with E-state index in [2.05, 4.69) is 55.4 Å². The van der Waals surface area contributed by atoms with Crippen LogP contribution >= 0.6 is 15.6 Å². The van der Waals surface area contributed by atoms with Crippen molar-refractivity contribution in [2.75, 3.05) is 39.6 Å². The van der Waals surface area contributed by atoms with Gasteiger partial charge >= 0.3 is 39.5 Å². The van der Waals surface area contributed by atoms with Gasteiger partial charge in [0.05, 0.1) is 26.4 Å². The first-order valence-corrected chi connectivity index (χ1v) is 48.3. The minimum atomic E-state index is -4.97. The Kier molecular flexibility index (Phi) is 75.3. The van der Waals surface area contributed by atoms with Crippen molar-refractivity contribution in [3.63, 3.8) is 0 Å². The minimum absolute atomic E-state index is 0.107. The molecule has 0 saturated carbocycles. The lowest BCUT2D eigenvalue weighted by molar-refractivity contribution is -0.161. The predicted octanol–water partition coefficient (Wildman–Crippen LogP) is 26.7. The number of carbonyl (C=O) groups is 4. The molecule has 0 bridgehead atoms. The number of phosphoric ester groups is 2. The molecule has 0 aliphatic heterocycles. The summed E-state index contributed by atoms with van der Waals surface area (Å²) in [7, 11) is -9.93. The quantitative estimate of drug-likeness (QED) is 0.0222. The number of hydrogen-bond acceptors (Lipinski definition) is 15. The summed E-state index contributed by atoms with van der Waals surface area (Å²) in [5.74, 6) is 1.09. The van der Waals surface area contributed by atoms with Gasteiger partial charge in [-0.05, 0) is 49.4 Å². The molecule has 19 heteroatoms. The number of aliphatic hydroxyl groups is 1. The van der Waals surface area contributed by atoms with Crippen molar-refractivity contribution in [2.45, 2.75) is 478 Å². The van der Waals surface area contributed by atoms with E-state index in [1.165, 1.54) is 257 Å². The number of carbonyl (C=O) groups excluding carboxylic acids is 4. The van der Waals surface area contributed by atoms with Crippen LogP contribution in [0.25, 0.3) is 0 Å². The van der Waals surface area contributed by atoms with E-state index in [9.17, 15) is 43.2 Å². The van der Waals surface area contributed by atoms with E-state index in [1.54, 1.807) is 0 Å². The number of phosphoric acid groups is 2. The molecule has 0 radical (unpaired) electrons. The number of ether oxygens (including phenoxy) is 4. The molecule has 0 aromatic carbocycles. The predicted molar refractivity (Wildman–Crippen MR) is 441 cm³/mol. The molecule has 17 nitrogen and oxygen atoms in total. The van der Waals surface area contributed by atoms with Crippen LogP contribution in [0.1, 0.15) is 460 Å². The number of aliphatic hydroxyl groups excluding tert-OH is 1. The van der Waals surface area contributed by atoms with Gasteiger partial charge in [0.15, 0.2) is 12.2 Å². The van der Waals surface area contributed by atoms with Gasteiger partial charge in [-0.15, -0.1) is 0 Å². The third-order valence-electron chi connectivity index (χ3n) is 21.3. The minimum Gasteiger partial charge on any atom is -0.462 e. The Bertz CT molecular complexity index is 2080. The maximum atomic E-state index is 13.1. The van der Waals surface area contributed by atoms with Crippen molar-refractivity contribution < 1.29 is 80.2 Å². The van der Waals surface area contributed by atoms with Crippen molar-refractivity contribution in [3.8, 4) is 0 Å². The van der Waals surface area contributed by atoms with Crippen LogP contribution in [0.5, 0.6) is 0 Å². The number of esters is 4. The lowest BCUT2D eigenvalue weighted by Gasteiger charge is -2.21. The maximum Gasteiger partial charge on any atom is 0.472 e. The van der Waals surface area contributed by atoms with Crippen LogP contribution in [-0.2, 0) is 65.4 Å². The summed E-state index contributed by atoms with van der Waals surface area (Å²) in [6.07, 6.45) is 66.8. The zero-order valence-corrected chi connectivity index (χ0v) is 72.6. The van der Waals surface area contributed by atoms with Gasteiger partial charge in [0.25, 0.3) is 0 Å². The molecule has 107 heavy (non-hydrogen) atoms. The standard InChI is InChI=1S/C88H172O17P2/c1-9-80(7)66-58-50-42-34-28-24-20-16-12-14-18-22-26-30-37-45-54-62-70-87(92)105-84(75-99-86(91)69-61-53-47-39-41-49-57-65-79(5)6)77-103-107(96,97)101-73-82(89)72-100-106(94,95)102-76-83(104-88(93)71-63-55-46-38-32-31-35-43-51-59-67-81(8)10-2)74-98-85(90)68-60-52-44-36-29-25-21-17-13-11-15-19-23-27-33-40-48-56-64-78(3)4/h78-84,89H,9-77H2,1-8H3,(H,94,95)(H,96,97)/t80?,81?,82?,83-,84-/m1/s1. The summed E-state index contributed by atoms with van der Waals surface area (Å²) < 4.78 is 68.9. The van der Waals surface area contributed by atoms with Crippen molar-refractivity contribution in [3.05, 3.63) is 0 Å². The van der Waals surface area contributed by atoms with E-state index in [4.69, 9.17) is 37.0 Å². The molecule has 0 aliphatic carbocycles. The highest BCUT2D eigenvalue weighted by atomic mass is 31.2. The van der Waals surface area contributed by atoms with E-state index in [0.29, 0.717) is 31.6 Å². The molecular formula is C88H172O17P2. The van der Waals surface area contributed by atoms with E-state index < -0.39 is 97.5 Å². The fourth-order valence-electron chi connectivity index (χ4n) is 13.6. The second-order valence-electron chi connectivity index (χ2n) is 33.1. The van der Waals surface area contributed by atoms with Gasteiger partial charge < -0.3 is 33.8 Å². The molecule has 0 aromatic rings. The summed E-state index contributed by atoms with van der Waals surface area (Å²) in [4.78, 5) is 73.2. The number of unbranched alkanes of at least 4 members (excludes halogenated alkanes) is 49. The molecule has 7 atom stereocenters. The third-order valence-corrected chi connectivity index (χ3v) is 23.2. The van der Waals surface area contributed by atoms with Crippen LogP contribution in [0.15, 0.2) is 0 Å². The molecule has 0 rings (SSSR count). The first-order valence-electron chi connectivity index (χ1n) is 45.3. The number of rotatable bonds is 85. The van der Waals surface area contributed by atoms with Crippen molar-refractivity contribution in [1.29, 1.82) is 0 Å². The fraction of sp³-hybridized carbons (Fsp3) is 0.955. The molecular weight excluding hydrogens is 1390 g/mol. The van der Waals surface area contributed by atoms with Gasteiger partial charge in [-0.2, -0.15) is 0 Å². The molecule has 0 saturated heterocycles. The van der Waals surface area contributed by atoms with Crippen molar-refractivity contribution in [1.82, 2.24) is 0 Å². The lowest BCUT2D eigenvalue weighted by atomic mass is 9.99. The largest absolute Gasteiger partial charge is 0.472 e. The zero-order chi connectivity index (χ0) is 78.8. The monoisotopic (exact) mass is 1560 g/mol. The first kappa shape index (κ1) is 105. The molecule has 0 fully saturated rings. The van der Waals surface area contributed by atoms with E-state index in [1.807, 2.05) is 0 Å². The Morgan fingerprint density at radius 3 is 0.664 bits per heavy atom. The zero-order valence-electron chi connectivity index (χ0n) is 70.8. The summed E-state index contributed by atoms with van der Waals surface area (Å²) >= 11 is 0. The van der Waals surface area contributed by atoms with Crippen LogP contribution in [0, 0.1) is 23.7 Å². The van der Waals surface area contributed by atoms with Crippen LogP contribution in [0.4, 0.5) is 0 Å². The van der Waals surface area contributed by atoms with Gasteiger partial charge in [0, 0.05) is 25.7 Å². The normalized spacial score (nSPS) is 14.4. The van der Waals surface area contributed by atoms with E-state index in [0.717, 1.165) is 114 Å². The summed E-state index contributed by atoms with van der Waals surface area (Å²) in [5, 5.41) is 10.7. The first-order chi connectivity index (χ1) is 51.7. The second kappa shape index (κ2) is 76.7. The summed E-state index contributed by atoms with van der Waals surface area (Å²) in [6.45, 7) is 14.4.